The highest BCUT2D eigenvalue weighted by molar-refractivity contribution is 5.70. The summed E-state index contributed by atoms with van der Waals surface area (Å²) in [5, 5.41) is 13.3. The SMILES string of the molecule is CC(C)Cn1ncnc1CC(CCCN)C(=O)O. The van der Waals surface area contributed by atoms with E-state index in [1.165, 1.54) is 6.33 Å². The van der Waals surface area contributed by atoms with E-state index in [2.05, 4.69) is 23.9 Å². The van der Waals surface area contributed by atoms with E-state index < -0.39 is 11.9 Å². The maximum Gasteiger partial charge on any atom is 0.306 e. The third-order valence-corrected chi connectivity index (χ3v) is 2.77. The van der Waals surface area contributed by atoms with E-state index in [-0.39, 0.29) is 0 Å². The van der Waals surface area contributed by atoms with Crippen molar-refractivity contribution >= 4 is 5.97 Å². The molecule has 0 amide bonds. The Kier molecular flexibility index (Phi) is 5.77. The Bertz CT molecular complexity index is 376. The van der Waals surface area contributed by atoms with Gasteiger partial charge < -0.3 is 10.8 Å². The minimum atomic E-state index is -0.789. The van der Waals surface area contributed by atoms with Crippen LogP contribution in [0.1, 0.15) is 32.5 Å². The fourth-order valence-electron chi connectivity index (χ4n) is 1.84. The second kappa shape index (κ2) is 7.10. The number of aliphatic carboxylic acids is 1. The van der Waals surface area contributed by atoms with Gasteiger partial charge in [0.2, 0.25) is 0 Å². The molecule has 0 spiro atoms. The van der Waals surface area contributed by atoms with Crippen molar-refractivity contribution in [3.8, 4) is 0 Å². The minimum Gasteiger partial charge on any atom is -0.481 e. The summed E-state index contributed by atoms with van der Waals surface area (Å²) in [4.78, 5) is 15.3. The van der Waals surface area contributed by atoms with Crippen molar-refractivity contribution < 1.29 is 9.90 Å². The van der Waals surface area contributed by atoms with Gasteiger partial charge in [0, 0.05) is 13.0 Å². The molecule has 1 heterocycles. The van der Waals surface area contributed by atoms with Crippen LogP contribution in [0.15, 0.2) is 6.33 Å². The lowest BCUT2D eigenvalue weighted by Gasteiger charge is -2.13. The average Bonchev–Trinajstić information content (AvgIpc) is 2.70. The zero-order valence-electron chi connectivity index (χ0n) is 11.0. The van der Waals surface area contributed by atoms with Gasteiger partial charge in [-0.1, -0.05) is 13.8 Å². The summed E-state index contributed by atoms with van der Waals surface area (Å²) in [5.74, 6) is -0.0166. The summed E-state index contributed by atoms with van der Waals surface area (Å²) < 4.78 is 1.79. The summed E-state index contributed by atoms with van der Waals surface area (Å²) in [6, 6.07) is 0. The third-order valence-electron chi connectivity index (χ3n) is 2.77. The van der Waals surface area contributed by atoms with Crippen molar-refractivity contribution in [1.29, 1.82) is 0 Å². The van der Waals surface area contributed by atoms with Gasteiger partial charge in [-0.25, -0.2) is 9.67 Å². The molecule has 0 aliphatic carbocycles. The smallest absolute Gasteiger partial charge is 0.306 e. The van der Waals surface area contributed by atoms with Crippen LogP contribution in [0.25, 0.3) is 0 Å². The molecule has 1 aromatic rings. The lowest BCUT2D eigenvalue weighted by molar-refractivity contribution is -0.142. The van der Waals surface area contributed by atoms with E-state index in [1.54, 1.807) is 4.68 Å². The fourth-order valence-corrected chi connectivity index (χ4v) is 1.84. The van der Waals surface area contributed by atoms with Gasteiger partial charge in [0.25, 0.3) is 0 Å². The molecule has 0 bridgehead atoms. The largest absolute Gasteiger partial charge is 0.481 e. The molecule has 6 nitrogen and oxygen atoms in total. The fraction of sp³-hybridized carbons (Fsp3) is 0.750. The maximum atomic E-state index is 11.2. The molecule has 102 valence electrons. The highest BCUT2D eigenvalue weighted by Crippen LogP contribution is 2.13. The van der Waals surface area contributed by atoms with Gasteiger partial charge in [0.05, 0.1) is 5.92 Å². The Morgan fingerprint density at radius 2 is 2.28 bits per heavy atom. The molecule has 0 fully saturated rings. The van der Waals surface area contributed by atoms with Crippen LogP contribution in [0.5, 0.6) is 0 Å². The van der Waals surface area contributed by atoms with Gasteiger partial charge in [-0.15, -0.1) is 0 Å². The number of carboxylic acid groups (broad SMARTS) is 1. The van der Waals surface area contributed by atoms with Gasteiger partial charge >= 0.3 is 5.97 Å². The molecule has 0 saturated carbocycles. The standard InChI is InChI=1S/C12H22N4O2/c1-9(2)7-16-11(14-8-15-16)6-10(12(17)18)4-3-5-13/h8-10H,3-7,13H2,1-2H3,(H,17,18). The molecule has 3 N–H and O–H groups in total. The Morgan fingerprint density at radius 1 is 1.56 bits per heavy atom. The van der Waals surface area contributed by atoms with Crippen LogP contribution in [0.4, 0.5) is 0 Å². The molecule has 1 atom stereocenters. The van der Waals surface area contributed by atoms with E-state index in [1.807, 2.05) is 0 Å². The molecule has 0 aliphatic heterocycles. The number of nitrogens with zero attached hydrogens (tertiary/aromatic N) is 3. The van der Waals surface area contributed by atoms with Gasteiger partial charge in [-0.2, -0.15) is 5.10 Å². The van der Waals surface area contributed by atoms with E-state index in [0.29, 0.717) is 25.3 Å². The number of hydrogen-bond donors (Lipinski definition) is 2. The van der Waals surface area contributed by atoms with Crippen LogP contribution in [-0.2, 0) is 17.8 Å². The highest BCUT2D eigenvalue weighted by Gasteiger charge is 2.20. The van der Waals surface area contributed by atoms with E-state index in [0.717, 1.165) is 18.8 Å². The van der Waals surface area contributed by atoms with Gasteiger partial charge in [-0.05, 0) is 25.3 Å². The number of rotatable bonds is 8. The molecule has 0 aromatic carbocycles. The zero-order chi connectivity index (χ0) is 13.5. The average molecular weight is 254 g/mol. The van der Waals surface area contributed by atoms with Crippen molar-refractivity contribution in [3.63, 3.8) is 0 Å². The van der Waals surface area contributed by atoms with Crippen LogP contribution in [-0.4, -0.2) is 32.4 Å². The quantitative estimate of drug-likeness (QED) is 0.719. The molecule has 1 rings (SSSR count). The Balaban J connectivity index is 2.68. The molecular formula is C12H22N4O2. The first kappa shape index (κ1) is 14.6. The number of carbonyl (C=O) groups is 1. The lowest BCUT2D eigenvalue weighted by Crippen LogP contribution is -2.21. The predicted molar refractivity (Wildman–Crippen MR) is 68.0 cm³/mol. The maximum absolute atomic E-state index is 11.2. The van der Waals surface area contributed by atoms with E-state index >= 15 is 0 Å². The van der Waals surface area contributed by atoms with Crippen molar-refractivity contribution in [2.24, 2.45) is 17.6 Å². The molecular weight excluding hydrogens is 232 g/mol. The third kappa shape index (κ3) is 4.44. The number of carboxylic acids is 1. The van der Waals surface area contributed by atoms with Crippen LogP contribution < -0.4 is 5.73 Å². The molecule has 1 aromatic heterocycles. The van der Waals surface area contributed by atoms with Crippen LogP contribution >= 0.6 is 0 Å². The van der Waals surface area contributed by atoms with Gasteiger partial charge in [0.15, 0.2) is 0 Å². The van der Waals surface area contributed by atoms with Crippen molar-refractivity contribution in [3.05, 3.63) is 12.2 Å². The van der Waals surface area contributed by atoms with Crippen LogP contribution in [0.2, 0.25) is 0 Å². The van der Waals surface area contributed by atoms with E-state index in [9.17, 15) is 9.90 Å². The van der Waals surface area contributed by atoms with Crippen molar-refractivity contribution in [2.75, 3.05) is 6.54 Å². The topological polar surface area (TPSA) is 94.0 Å². The molecule has 0 saturated heterocycles. The highest BCUT2D eigenvalue weighted by atomic mass is 16.4. The van der Waals surface area contributed by atoms with Crippen LogP contribution in [0, 0.1) is 11.8 Å². The summed E-state index contributed by atoms with van der Waals surface area (Å²) in [5.41, 5.74) is 5.42. The Labute approximate surface area is 107 Å². The van der Waals surface area contributed by atoms with E-state index in [4.69, 9.17) is 5.73 Å². The summed E-state index contributed by atoms with van der Waals surface area (Å²) in [6.45, 7) is 5.46. The number of nitrogens with two attached hydrogens (primary N) is 1. The monoisotopic (exact) mass is 254 g/mol. The first-order valence-corrected chi connectivity index (χ1v) is 6.34. The molecule has 1 unspecified atom stereocenters. The normalized spacial score (nSPS) is 12.9. The first-order chi connectivity index (χ1) is 8.54. The van der Waals surface area contributed by atoms with Crippen molar-refractivity contribution in [2.45, 2.75) is 39.7 Å². The second-order valence-corrected chi connectivity index (χ2v) is 4.92. The number of aromatic nitrogens is 3. The Morgan fingerprint density at radius 3 is 2.83 bits per heavy atom. The van der Waals surface area contributed by atoms with Crippen molar-refractivity contribution in [1.82, 2.24) is 14.8 Å². The predicted octanol–water partition coefficient (Wildman–Crippen LogP) is 0.916. The zero-order valence-corrected chi connectivity index (χ0v) is 11.0. The number of hydrogen-bond acceptors (Lipinski definition) is 4. The molecule has 18 heavy (non-hydrogen) atoms. The van der Waals surface area contributed by atoms with Crippen LogP contribution in [0.3, 0.4) is 0 Å². The minimum absolute atomic E-state index is 0.419. The Hall–Kier alpha value is -1.43. The molecule has 0 aliphatic rings. The van der Waals surface area contributed by atoms with Gasteiger partial charge in [0.1, 0.15) is 12.2 Å². The second-order valence-electron chi connectivity index (χ2n) is 4.92. The molecule has 6 heteroatoms. The summed E-state index contributed by atoms with van der Waals surface area (Å²) in [7, 11) is 0. The summed E-state index contributed by atoms with van der Waals surface area (Å²) in [6.07, 6.45) is 3.21. The summed E-state index contributed by atoms with van der Waals surface area (Å²) >= 11 is 0. The first-order valence-electron chi connectivity index (χ1n) is 6.34. The lowest BCUT2D eigenvalue weighted by atomic mass is 9.99. The van der Waals surface area contributed by atoms with Gasteiger partial charge in [-0.3, -0.25) is 4.79 Å². The molecule has 0 radical (unpaired) electrons.